The molecule has 3 unspecified atom stereocenters. The van der Waals surface area contributed by atoms with Crippen molar-refractivity contribution in [2.75, 3.05) is 0 Å². The Bertz CT molecular complexity index is 533. The largest absolute Gasteiger partial charge is 0.289 e. The van der Waals surface area contributed by atoms with Gasteiger partial charge in [0.2, 0.25) is 0 Å². The summed E-state index contributed by atoms with van der Waals surface area (Å²) in [6.07, 6.45) is 9.95. The normalized spacial score (nSPS) is 27.9. The molecule has 1 aromatic rings. The molecule has 2 rings (SSSR count). The van der Waals surface area contributed by atoms with Crippen LogP contribution in [-0.2, 0) is 0 Å². The van der Waals surface area contributed by atoms with Crippen LogP contribution in [-0.4, -0.2) is 11.6 Å². The Morgan fingerprint density at radius 2 is 2.05 bits per heavy atom. The van der Waals surface area contributed by atoms with Gasteiger partial charge in [0.05, 0.1) is 11.4 Å². The monoisotopic (exact) mass is 293 g/mol. The smallest absolute Gasteiger partial charge is 0.0731 e. The Kier molecular flexibility index (Phi) is 4.49. The van der Waals surface area contributed by atoms with Gasteiger partial charge < -0.3 is 0 Å². The molecule has 0 heterocycles. The lowest BCUT2D eigenvalue weighted by Crippen LogP contribution is -2.27. The van der Waals surface area contributed by atoms with Gasteiger partial charge in [0.15, 0.2) is 0 Å². The van der Waals surface area contributed by atoms with Crippen molar-refractivity contribution >= 4 is 29.4 Å². The number of hydrogen-bond donors (Lipinski definition) is 0. The standard InChI is InChI=1S/C16H17Cl2N/c1-12(13-7-3-4-8-14(13)17)19-11-16(2)10-6-5-9-15(16)18/h3-12,15H,1-2H3. The fourth-order valence-corrected chi connectivity index (χ4v) is 2.51. The summed E-state index contributed by atoms with van der Waals surface area (Å²) in [7, 11) is 0. The van der Waals surface area contributed by atoms with Gasteiger partial charge >= 0.3 is 0 Å². The van der Waals surface area contributed by atoms with E-state index < -0.39 is 0 Å². The lowest BCUT2D eigenvalue weighted by Gasteiger charge is -2.27. The van der Waals surface area contributed by atoms with Crippen LogP contribution in [0.15, 0.2) is 53.6 Å². The molecule has 0 aliphatic heterocycles. The zero-order chi connectivity index (χ0) is 13.9. The lowest BCUT2D eigenvalue weighted by molar-refractivity contribution is 0.616. The number of rotatable bonds is 3. The molecule has 1 aliphatic carbocycles. The second-order valence-corrected chi connectivity index (χ2v) is 5.86. The van der Waals surface area contributed by atoms with Gasteiger partial charge in [-0.1, -0.05) is 54.1 Å². The summed E-state index contributed by atoms with van der Waals surface area (Å²) >= 11 is 12.5. The van der Waals surface area contributed by atoms with E-state index >= 15 is 0 Å². The summed E-state index contributed by atoms with van der Waals surface area (Å²) in [5.41, 5.74) is 0.789. The molecule has 0 saturated carbocycles. The van der Waals surface area contributed by atoms with Crippen molar-refractivity contribution < 1.29 is 0 Å². The summed E-state index contributed by atoms with van der Waals surface area (Å²) in [4.78, 5) is 4.62. The predicted molar refractivity (Wildman–Crippen MR) is 84.4 cm³/mol. The van der Waals surface area contributed by atoms with Gasteiger partial charge in [-0.05, 0) is 25.5 Å². The Labute approximate surface area is 124 Å². The number of hydrogen-bond acceptors (Lipinski definition) is 1. The molecule has 0 radical (unpaired) electrons. The van der Waals surface area contributed by atoms with Crippen LogP contribution >= 0.6 is 23.2 Å². The van der Waals surface area contributed by atoms with E-state index in [2.05, 4.69) is 18.0 Å². The third-order valence-electron chi connectivity index (χ3n) is 3.37. The Balaban J connectivity index is 2.17. The van der Waals surface area contributed by atoms with Gasteiger partial charge in [0.25, 0.3) is 0 Å². The molecule has 0 spiro atoms. The molecule has 1 nitrogen and oxygen atoms in total. The van der Waals surface area contributed by atoms with E-state index in [1.165, 1.54) is 0 Å². The third-order valence-corrected chi connectivity index (χ3v) is 4.33. The first kappa shape index (κ1) is 14.4. The Morgan fingerprint density at radius 3 is 2.74 bits per heavy atom. The van der Waals surface area contributed by atoms with E-state index in [-0.39, 0.29) is 16.8 Å². The maximum atomic E-state index is 6.33. The molecule has 0 bridgehead atoms. The van der Waals surface area contributed by atoms with Crippen molar-refractivity contribution in [3.05, 3.63) is 59.2 Å². The number of aliphatic imine (C=N–C) groups is 1. The van der Waals surface area contributed by atoms with Crippen molar-refractivity contribution in [1.29, 1.82) is 0 Å². The average Bonchev–Trinajstić information content (AvgIpc) is 2.40. The molecular formula is C16H17Cl2N. The molecule has 0 aromatic heterocycles. The zero-order valence-corrected chi connectivity index (χ0v) is 12.6. The fraction of sp³-hybridized carbons (Fsp3) is 0.312. The Hall–Kier alpha value is -1.05. The number of alkyl halides is 1. The minimum Gasteiger partial charge on any atom is -0.289 e. The van der Waals surface area contributed by atoms with Crippen LogP contribution in [0.25, 0.3) is 0 Å². The first-order valence-electron chi connectivity index (χ1n) is 6.32. The van der Waals surface area contributed by atoms with Crippen LogP contribution in [0.4, 0.5) is 0 Å². The summed E-state index contributed by atoms with van der Waals surface area (Å²) < 4.78 is 0. The van der Waals surface area contributed by atoms with Gasteiger partial charge in [-0.3, -0.25) is 4.99 Å². The molecule has 3 atom stereocenters. The number of benzene rings is 1. The van der Waals surface area contributed by atoms with Gasteiger partial charge in [-0.2, -0.15) is 0 Å². The lowest BCUT2D eigenvalue weighted by atomic mass is 9.84. The molecule has 0 amide bonds. The highest BCUT2D eigenvalue weighted by atomic mass is 35.5. The van der Waals surface area contributed by atoms with E-state index in [0.717, 1.165) is 10.6 Å². The molecule has 3 heteroatoms. The van der Waals surface area contributed by atoms with Crippen LogP contribution in [0.3, 0.4) is 0 Å². The topological polar surface area (TPSA) is 12.4 Å². The van der Waals surface area contributed by atoms with E-state index in [4.69, 9.17) is 23.2 Å². The number of nitrogens with zero attached hydrogens (tertiary/aromatic N) is 1. The highest BCUT2D eigenvalue weighted by molar-refractivity contribution is 6.31. The van der Waals surface area contributed by atoms with Crippen molar-refractivity contribution in [1.82, 2.24) is 0 Å². The predicted octanol–water partition coefficient (Wildman–Crippen LogP) is 5.21. The van der Waals surface area contributed by atoms with E-state index in [1.54, 1.807) is 0 Å². The summed E-state index contributed by atoms with van der Waals surface area (Å²) in [6.45, 7) is 4.11. The fourth-order valence-electron chi connectivity index (χ4n) is 2.00. The SMILES string of the molecule is CC(N=CC1(C)C=CC=CC1Cl)c1ccccc1Cl. The maximum absolute atomic E-state index is 6.33. The van der Waals surface area contributed by atoms with E-state index in [9.17, 15) is 0 Å². The van der Waals surface area contributed by atoms with Gasteiger partial charge in [0.1, 0.15) is 0 Å². The average molecular weight is 294 g/mol. The quantitative estimate of drug-likeness (QED) is 0.536. The van der Waals surface area contributed by atoms with Crippen LogP contribution in [0.1, 0.15) is 25.5 Å². The second kappa shape index (κ2) is 5.94. The van der Waals surface area contributed by atoms with E-state index in [0.29, 0.717) is 0 Å². The van der Waals surface area contributed by atoms with Crippen molar-refractivity contribution in [2.45, 2.75) is 25.3 Å². The maximum Gasteiger partial charge on any atom is 0.0731 e. The molecule has 1 aliphatic rings. The van der Waals surface area contributed by atoms with E-state index in [1.807, 2.05) is 55.6 Å². The highest BCUT2D eigenvalue weighted by Crippen LogP contribution is 2.31. The minimum absolute atomic E-state index is 0.0219. The van der Waals surface area contributed by atoms with Crippen LogP contribution < -0.4 is 0 Å². The number of allylic oxidation sites excluding steroid dienone is 4. The molecule has 19 heavy (non-hydrogen) atoms. The summed E-state index contributed by atoms with van der Waals surface area (Å²) in [5.74, 6) is 0. The van der Waals surface area contributed by atoms with Crippen LogP contribution in [0, 0.1) is 5.41 Å². The summed E-state index contributed by atoms with van der Waals surface area (Å²) in [6, 6.07) is 7.81. The van der Waals surface area contributed by atoms with Gasteiger partial charge in [0, 0.05) is 16.7 Å². The van der Waals surface area contributed by atoms with Gasteiger partial charge in [-0.15, -0.1) is 11.6 Å². The third kappa shape index (κ3) is 3.29. The van der Waals surface area contributed by atoms with Crippen molar-refractivity contribution in [3.63, 3.8) is 0 Å². The molecule has 1 aromatic carbocycles. The zero-order valence-electron chi connectivity index (χ0n) is 11.1. The van der Waals surface area contributed by atoms with Gasteiger partial charge in [-0.25, -0.2) is 0 Å². The molecule has 100 valence electrons. The molecule has 0 N–H and O–H groups in total. The highest BCUT2D eigenvalue weighted by Gasteiger charge is 2.28. The summed E-state index contributed by atoms with van der Waals surface area (Å²) in [5, 5.41) is 0.679. The molecule has 0 fully saturated rings. The van der Waals surface area contributed by atoms with Crippen LogP contribution in [0.2, 0.25) is 5.02 Å². The van der Waals surface area contributed by atoms with Crippen molar-refractivity contribution in [3.8, 4) is 0 Å². The molecule has 0 saturated heterocycles. The first-order chi connectivity index (χ1) is 9.03. The minimum atomic E-state index is -0.244. The first-order valence-corrected chi connectivity index (χ1v) is 7.13. The van der Waals surface area contributed by atoms with Crippen LogP contribution in [0.5, 0.6) is 0 Å². The van der Waals surface area contributed by atoms with Crippen molar-refractivity contribution in [2.24, 2.45) is 10.4 Å². The number of halogens is 2. The molecular weight excluding hydrogens is 277 g/mol. The Morgan fingerprint density at radius 1 is 1.32 bits per heavy atom. The second-order valence-electron chi connectivity index (χ2n) is 4.99.